The molecule has 0 radical (unpaired) electrons. The molecule has 8 nitrogen and oxygen atoms in total. The van der Waals surface area contributed by atoms with Gasteiger partial charge in [-0.2, -0.15) is 0 Å². The molecule has 0 amide bonds. The van der Waals surface area contributed by atoms with Gasteiger partial charge in [-0.25, -0.2) is 0 Å². The zero-order valence-corrected chi connectivity index (χ0v) is 38.5. The lowest BCUT2D eigenvalue weighted by atomic mass is 9.36. The number of unbranched alkanes of at least 4 members (excludes halogenated alkanes) is 8. The van der Waals surface area contributed by atoms with Gasteiger partial charge in [-0.05, 0) is 111 Å². The average Bonchev–Trinajstić information content (AvgIpc) is 3.20. The molecule has 338 valence electrons. The van der Waals surface area contributed by atoms with Crippen LogP contribution in [0.25, 0.3) is 0 Å². The van der Waals surface area contributed by atoms with E-state index >= 15 is 0 Å². The maximum atomic E-state index is 14.1. The normalized spacial score (nSPS) is 24.1. The minimum absolute atomic E-state index is 0.0278. The van der Waals surface area contributed by atoms with Gasteiger partial charge in [-0.3, -0.25) is 14.4 Å². The van der Waals surface area contributed by atoms with Crippen LogP contribution in [-0.2, 0) is 28.6 Å². The van der Waals surface area contributed by atoms with Gasteiger partial charge in [-0.15, -0.1) is 0 Å². The van der Waals surface area contributed by atoms with Gasteiger partial charge >= 0.3 is 17.9 Å². The van der Waals surface area contributed by atoms with Crippen molar-refractivity contribution < 1.29 is 33.7 Å². The number of esters is 3. The summed E-state index contributed by atoms with van der Waals surface area (Å²) in [4.78, 5) is 40.5. The Morgan fingerprint density at radius 1 is 0.586 bits per heavy atom. The van der Waals surface area contributed by atoms with Gasteiger partial charge in [0.2, 0.25) is 0 Å². The van der Waals surface area contributed by atoms with Crippen LogP contribution in [0.2, 0.25) is 0 Å². The van der Waals surface area contributed by atoms with Crippen molar-refractivity contribution in [3.63, 3.8) is 0 Å². The second-order valence-corrected chi connectivity index (χ2v) is 19.8. The van der Waals surface area contributed by atoms with E-state index in [9.17, 15) is 14.4 Å². The molecular weight excluding hydrogens is 727 g/mol. The van der Waals surface area contributed by atoms with Crippen molar-refractivity contribution in [3.8, 4) is 0 Å². The highest BCUT2D eigenvalue weighted by atomic mass is 16.5. The van der Waals surface area contributed by atoms with Gasteiger partial charge in [0.15, 0.2) is 0 Å². The first-order chi connectivity index (χ1) is 28.1. The molecule has 4 fully saturated rings. The summed E-state index contributed by atoms with van der Waals surface area (Å²) in [5, 5.41) is 12.2. The Labute approximate surface area is 356 Å². The first kappa shape index (κ1) is 50.7. The SMILES string of the molecule is CCCCCC(CCCCC)CCOC(=O)CCC12CC3CC(CCC(=O)OCCNCCCO)(C1)CC(C(C)C(=O)OCCC(CCCCC)CCCCC)(C3)C2. The molecule has 5 atom stereocenters. The van der Waals surface area contributed by atoms with Crippen molar-refractivity contribution in [2.24, 2.45) is 39.9 Å². The molecule has 0 aromatic carbocycles. The van der Waals surface area contributed by atoms with Crippen LogP contribution in [0.3, 0.4) is 0 Å². The molecule has 5 unspecified atom stereocenters. The third kappa shape index (κ3) is 17.7. The van der Waals surface area contributed by atoms with Gasteiger partial charge in [0.05, 0.1) is 19.1 Å². The molecule has 4 rings (SSSR count). The fourth-order valence-corrected chi connectivity index (χ4v) is 12.1. The largest absolute Gasteiger partial charge is 0.466 e. The van der Waals surface area contributed by atoms with Crippen molar-refractivity contribution in [3.05, 3.63) is 0 Å². The molecule has 0 aromatic heterocycles. The minimum Gasteiger partial charge on any atom is -0.466 e. The first-order valence-corrected chi connectivity index (χ1v) is 24.9. The summed E-state index contributed by atoms with van der Waals surface area (Å²) in [6.45, 7) is 13.9. The van der Waals surface area contributed by atoms with E-state index in [1.165, 1.54) is 103 Å². The predicted octanol–water partition coefficient (Wildman–Crippen LogP) is 12.1. The van der Waals surface area contributed by atoms with Crippen LogP contribution >= 0.6 is 0 Å². The molecule has 58 heavy (non-hydrogen) atoms. The summed E-state index contributed by atoms with van der Waals surface area (Å²) in [7, 11) is 0. The molecule has 0 aromatic rings. The quantitative estimate of drug-likeness (QED) is 0.0365. The third-order valence-corrected chi connectivity index (χ3v) is 14.8. The Morgan fingerprint density at radius 3 is 1.52 bits per heavy atom. The molecule has 4 bridgehead atoms. The Balaban J connectivity index is 1.67. The summed E-state index contributed by atoms with van der Waals surface area (Å²) < 4.78 is 17.8. The zero-order valence-electron chi connectivity index (χ0n) is 38.5. The summed E-state index contributed by atoms with van der Waals surface area (Å²) in [6.07, 6.45) is 31.1. The van der Waals surface area contributed by atoms with Crippen molar-refractivity contribution in [2.75, 3.05) is 39.5 Å². The average molecular weight is 818 g/mol. The lowest BCUT2D eigenvalue weighted by Gasteiger charge is -2.68. The molecule has 4 aliphatic rings. The molecule has 0 heterocycles. The zero-order chi connectivity index (χ0) is 42.1. The van der Waals surface area contributed by atoms with E-state index in [0.717, 1.165) is 64.2 Å². The number of nitrogens with one attached hydrogen (secondary N) is 1. The second kappa shape index (κ2) is 28.0. The monoisotopic (exact) mass is 818 g/mol. The van der Waals surface area contributed by atoms with E-state index in [0.29, 0.717) is 69.9 Å². The van der Waals surface area contributed by atoms with Crippen LogP contribution in [0.1, 0.15) is 221 Å². The van der Waals surface area contributed by atoms with Crippen LogP contribution in [0.15, 0.2) is 0 Å². The topological polar surface area (TPSA) is 111 Å². The van der Waals surface area contributed by atoms with E-state index < -0.39 is 0 Å². The minimum atomic E-state index is -0.213. The molecule has 0 aliphatic heterocycles. The van der Waals surface area contributed by atoms with E-state index in [-0.39, 0.29) is 46.7 Å². The molecular formula is C50H91NO7. The molecule has 8 heteroatoms. The van der Waals surface area contributed by atoms with Crippen LogP contribution in [0.4, 0.5) is 0 Å². The van der Waals surface area contributed by atoms with Crippen LogP contribution in [0.5, 0.6) is 0 Å². The highest BCUT2D eigenvalue weighted by molar-refractivity contribution is 5.73. The van der Waals surface area contributed by atoms with Crippen LogP contribution in [0, 0.1) is 39.9 Å². The fourth-order valence-electron chi connectivity index (χ4n) is 12.1. The lowest BCUT2D eigenvalue weighted by Crippen LogP contribution is -2.59. The molecule has 4 aliphatic carbocycles. The molecule has 0 spiro atoms. The summed E-state index contributed by atoms with van der Waals surface area (Å²) >= 11 is 0. The number of carbonyl (C=O) groups excluding carboxylic acids is 3. The fraction of sp³-hybridized carbons (Fsp3) is 0.940. The number of aliphatic hydroxyl groups is 1. The predicted molar refractivity (Wildman–Crippen MR) is 236 cm³/mol. The van der Waals surface area contributed by atoms with Gasteiger partial charge in [-0.1, -0.05) is 137 Å². The summed E-state index contributed by atoms with van der Waals surface area (Å²) in [6, 6.07) is 0. The standard InChI is InChI=1S/C50H91NO7/c1-6-10-14-19-42(20-15-11-7-2)25-32-56-45(53)23-27-48-35-44-36-49(38-48,28-24-46(54)57-34-30-51-29-18-31-52)40-50(37-44,39-48)41(5)47(55)58-33-26-43(21-16-12-8-3)22-17-13-9-4/h41-44,51-52H,6-40H2,1-5H3. The first-order valence-electron chi connectivity index (χ1n) is 24.9. The van der Waals surface area contributed by atoms with Crippen LogP contribution in [-0.4, -0.2) is 62.5 Å². The molecule has 0 saturated heterocycles. The van der Waals surface area contributed by atoms with Gasteiger partial charge in [0.1, 0.15) is 6.61 Å². The molecule has 2 N–H and O–H groups in total. The van der Waals surface area contributed by atoms with Crippen LogP contribution < -0.4 is 5.32 Å². The summed E-state index contributed by atoms with van der Waals surface area (Å²) in [5.74, 6) is 1.25. The van der Waals surface area contributed by atoms with E-state index in [1.54, 1.807) is 0 Å². The van der Waals surface area contributed by atoms with Crippen molar-refractivity contribution in [1.29, 1.82) is 0 Å². The maximum absolute atomic E-state index is 14.1. The number of ether oxygens (including phenoxy) is 3. The van der Waals surface area contributed by atoms with Gasteiger partial charge < -0.3 is 24.6 Å². The van der Waals surface area contributed by atoms with E-state index in [4.69, 9.17) is 19.3 Å². The lowest BCUT2D eigenvalue weighted by molar-refractivity contribution is -0.198. The smallest absolute Gasteiger partial charge is 0.309 e. The number of hydrogen-bond acceptors (Lipinski definition) is 8. The van der Waals surface area contributed by atoms with E-state index in [2.05, 4.69) is 39.9 Å². The van der Waals surface area contributed by atoms with Crippen molar-refractivity contribution >= 4 is 17.9 Å². The number of carbonyl (C=O) groups is 3. The number of hydrogen-bond donors (Lipinski definition) is 2. The van der Waals surface area contributed by atoms with Crippen molar-refractivity contribution in [2.45, 2.75) is 221 Å². The highest BCUT2D eigenvalue weighted by Gasteiger charge is 2.65. The van der Waals surface area contributed by atoms with E-state index in [1.807, 2.05) is 0 Å². The maximum Gasteiger partial charge on any atom is 0.309 e. The Hall–Kier alpha value is -1.67. The Bertz CT molecular complexity index is 1130. The molecule has 4 saturated carbocycles. The Morgan fingerprint density at radius 2 is 1.05 bits per heavy atom. The number of aliphatic hydroxyl groups excluding tert-OH is 1. The van der Waals surface area contributed by atoms with Gasteiger partial charge in [0.25, 0.3) is 0 Å². The Kier molecular flexibility index (Phi) is 24.5. The third-order valence-electron chi connectivity index (χ3n) is 14.8. The number of rotatable bonds is 36. The highest BCUT2D eigenvalue weighted by Crippen LogP contribution is 2.73. The summed E-state index contributed by atoms with van der Waals surface area (Å²) in [5.41, 5.74) is -0.239. The van der Waals surface area contributed by atoms with Gasteiger partial charge in [0, 0.05) is 26.0 Å². The van der Waals surface area contributed by atoms with Crippen molar-refractivity contribution in [1.82, 2.24) is 5.32 Å². The second-order valence-electron chi connectivity index (χ2n) is 19.8.